The van der Waals surface area contributed by atoms with Crippen molar-refractivity contribution in [1.82, 2.24) is 9.97 Å². The van der Waals surface area contributed by atoms with E-state index in [2.05, 4.69) is 15.3 Å². The summed E-state index contributed by atoms with van der Waals surface area (Å²) in [5.41, 5.74) is 8.05. The third-order valence-electron chi connectivity index (χ3n) is 2.44. The van der Waals surface area contributed by atoms with Gasteiger partial charge in [-0.2, -0.15) is 0 Å². The molecule has 0 radical (unpaired) electrons. The Kier molecular flexibility index (Phi) is 3.64. The van der Waals surface area contributed by atoms with Crippen LogP contribution in [0.5, 0.6) is 0 Å². The summed E-state index contributed by atoms with van der Waals surface area (Å²) in [5.74, 6) is -0.212. The summed E-state index contributed by atoms with van der Waals surface area (Å²) in [6.07, 6.45) is 4.92. The molecule has 92 valence electrons. The highest BCUT2D eigenvalue weighted by Crippen LogP contribution is 2.20. The molecule has 0 bridgehead atoms. The van der Waals surface area contributed by atoms with E-state index in [4.69, 9.17) is 5.73 Å². The van der Waals surface area contributed by atoms with Crippen LogP contribution in [-0.2, 0) is 4.79 Å². The molecule has 2 aromatic rings. The number of nitrogens with zero attached hydrogens (tertiary/aromatic N) is 2. The van der Waals surface area contributed by atoms with Crippen LogP contribution in [0.15, 0.2) is 43.0 Å². The highest BCUT2D eigenvalue weighted by atomic mass is 16.2. The molecule has 0 aliphatic heterocycles. The maximum Gasteiger partial charge on any atom is 0.240 e. The van der Waals surface area contributed by atoms with E-state index in [-0.39, 0.29) is 5.91 Å². The smallest absolute Gasteiger partial charge is 0.240 e. The summed E-state index contributed by atoms with van der Waals surface area (Å²) in [5, 5.41) is 2.75. The third-order valence-corrected chi connectivity index (χ3v) is 2.44. The lowest BCUT2D eigenvalue weighted by molar-refractivity contribution is -0.117. The van der Waals surface area contributed by atoms with E-state index < -0.39 is 6.04 Å². The molecular weight excluding hydrogens is 228 g/mol. The molecule has 0 spiro atoms. The highest BCUT2D eigenvalue weighted by Gasteiger charge is 2.07. The summed E-state index contributed by atoms with van der Waals surface area (Å²) in [6.45, 7) is 1.64. The van der Waals surface area contributed by atoms with Crippen LogP contribution in [0.3, 0.4) is 0 Å². The molecule has 1 aromatic carbocycles. The minimum atomic E-state index is -0.534. The minimum absolute atomic E-state index is 0.212. The Hall–Kier alpha value is -2.27. The lowest BCUT2D eigenvalue weighted by atomic mass is 10.1. The van der Waals surface area contributed by atoms with Crippen molar-refractivity contribution in [2.75, 3.05) is 5.32 Å². The van der Waals surface area contributed by atoms with Gasteiger partial charge in [-0.15, -0.1) is 0 Å². The molecule has 1 heterocycles. The fourth-order valence-corrected chi connectivity index (χ4v) is 1.48. The van der Waals surface area contributed by atoms with Gasteiger partial charge in [0, 0.05) is 23.6 Å². The summed E-state index contributed by atoms with van der Waals surface area (Å²) >= 11 is 0. The number of rotatable bonds is 3. The number of nitrogens with one attached hydrogen (secondary N) is 1. The molecule has 0 saturated heterocycles. The van der Waals surface area contributed by atoms with Crippen LogP contribution in [0.1, 0.15) is 6.92 Å². The number of carbonyl (C=O) groups is 1. The van der Waals surface area contributed by atoms with Gasteiger partial charge in [0.2, 0.25) is 5.91 Å². The molecule has 1 atom stereocenters. The number of hydrogen-bond donors (Lipinski definition) is 2. The maximum atomic E-state index is 11.5. The van der Waals surface area contributed by atoms with Gasteiger partial charge in [-0.1, -0.05) is 12.1 Å². The van der Waals surface area contributed by atoms with E-state index in [9.17, 15) is 4.79 Å². The molecule has 5 nitrogen and oxygen atoms in total. The van der Waals surface area contributed by atoms with Gasteiger partial charge in [-0.3, -0.25) is 4.79 Å². The first-order valence-corrected chi connectivity index (χ1v) is 5.58. The monoisotopic (exact) mass is 242 g/mol. The second kappa shape index (κ2) is 5.37. The summed E-state index contributed by atoms with van der Waals surface area (Å²) in [7, 11) is 0. The van der Waals surface area contributed by atoms with Gasteiger partial charge >= 0.3 is 0 Å². The minimum Gasteiger partial charge on any atom is -0.325 e. The van der Waals surface area contributed by atoms with E-state index in [1.165, 1.54) is 6.33 Å². The van der Waals surface area contributed by atoms with Gasteiger partial charge in [0.05, 0.1) is 6.04 Å². The van der Waals surface area contributed by atoms with Crippen molar-refractivity contribution in [3.05, 3.63) is 43.0 Å². The fourth-order valence-electron chi connectivity index (χ4n) is 1.48. The van der Waals surface area contributed by atoms with E-state index in [0.717, 1.165) is 11.1 Å². The molecule has 1 unspecified atom stereocenters. The number of hydrogen-bond acceptors (Lipinski definition) is 4. The van der Waals surface area contributed by atoms with Crippen LogP contribution in [0.25, 0.3) is 11.1 Å². The second-order valence-corrected chi connectivity index (χ2v) is 3.99. The van der Waals surface area contributed by atoms with Crippen molar-refractivity contribution < 1.29 is 4.79 Å². The summed E-state index contributed by atoms with van der Waals surface area (Å²) in [4.78, 5) is 19.4. The Morgan fingerprint density at radius 2 is 2.00 bits per heavy atom. The zero-order chi connectivity index (χ0) is 13.0. The van der Waals surface area contributed by atoms with E-state index in [1.807, 2.05) is 24.3 Å². The SMILES string of the molecule is CC(N)C(=O)Nc1cccc(-c2cncnc2)c1. The van der Waals surface area contributed by atoms with Crippen molar-refractivity contribution in [2.45, 2.75) is 13.0 Å². The van der Waals surface area contributed by atoms with Crippen LogP contribution in [0.4, 0.5) is 5.69 Å². The molecule has 1 aromatic heterocycles. The molecule has 3 N–H and O–H groups in total. The lowest BCUT2D eigenvalue weighted by Gasteiger charge is -2.09. The average molecular weight is 242 g/mol. The number of amides is 1. The van der Waals surface area contributed by atoms with Gasteiger partial charge in [-0.05, 0) is 24.6 Å². The van der Waals surface area contributed by atoms with Crippen molar-refractivity contribution in [1.29, 1.82) is 0 Å². The molecule has 0 fully saturated rings. The molecule has 5 heteroatoms. The van der Waals surface area contributed by atoms with Crippen LogP contribution in [-0.4, -0.2) is 21.9 Å². The highest BCUT2D eigenvalue weighted by molar-refractivity contribution is 5.94. The van der Waals surface area contributed by atoms with E-state index >= 15 is 0 Å². The Balaban J connectivity index is 2.23. The predicted molar refractivity (Wildman–Crippen MR) is 69.7 cm³/mol. The van der Waals surface area contributed by atoms with Gasteiger partial charge < -0.3 is 11.1 Å². The first-order chi connectivity index (χ1) is 8.66. The quantitative estimate of drug-likeness (QED) is 0.853. The maximum absolute atomic E-state index is 11.5. The van der Waals surface area contributed by atoms with Gasteiger partial charge in [0.25, 0.3) is 0 Å². The van der Waals surface area contributed by atoms with Gasteiger partial charge in [0.15, 0.2) is 0 Å². The Labute approximate surface area is 105 Å². The number of carbonyl (C=O) groups excluding carboxylic acids is 1. The molecule has 0 saturated carbocycles. The average Bonchev–Trinajstić information content (AvgIpc) is 2.40. The standard InChI is InChI=1S/C13H14N4O/c1-9(14)13(18)17-12-4-2-3-10(5-12)11-6-15-8-16-7-11/h2-9H,14H2,1H3,(H,17,18). The van der Waals surface area contributed by atoms with Crippen molar-refractivity contribution in [2.24, 2.45) is 5.73 Å². The number of benzene rings is 1. The van der Waals surface area contributed by atoms with E-state index in [0.29, 0.717) is 5.69 Å². The first kappa shape index (κ1) is 12.2. The van der Waals surface area contributed by atoms with Crippen LogP contribution in [0, 0.1) is 0 Å². The summed E-state index contributed by atoms with van der Waals surface area (Å²) < 4.78 is 0. The molecule has 0 aliphatic carbocycles. The van der Waals surface area contributed by atoms with Gasteiger partial charge in [-0.25, -0.2) is 9.97 Å². The zero-order valence-electron chi connectivity index (χ0n) is 10.00. The van der Waals surface area contributed by atoms with Crippen molar-refractivity contribution in [3.63, 3.8) is 0 Å². The molecule has 2 rings (SSSR count). The Morgan fingerprint density at radius 1 is 1.28 bits per heavy atom. The largest absolute Gasteiger partial charge is 0.325 e. The second-order valence-electron chi connectivity index (χ2n) is 3.99. The third kappa shape index (κ3) is 2.89. The lowest BCUT2D eigenvalue weighted by Crippen LogP contribution is -2.32. The van der Waals surface area contributed by atoms with Gasteiger partial charge in [0.1, 0.15) is 6.33 Å². The summed E-state index contributed by atoms with van der Waals surface area (Å²) in [6, 6.07) is 6.93. The van der Waals surface area contributed by atoms with Crippen LogP contribution in [0.2, 0.25) is 0 Å². The van der Waals surface area contributed by atoms with Crippen LogP contribution >= 0.6 is 0 Å². The number of aromatic nitrogens is 2. The Bertz CT molecular complexity index is 540. The fraction of sp³-hybridized carbons (Fsp3) is 0.154. The Morgan fingerprint density at radius 3 is 2.67 bits per heavy atom. The van der Waals surface area contributed by atoms with E-state index in [1.54, 1.807) is 19.3 Å². The van der Waals surface area contributed by atoms with Crippen molar-refractivity contribution >= 4 is 11.6 Å². The zero-order valence-corrected chi connectivity index (χ0v) is 10.00. The normalized spacial score (nSPS) is 11.9. The molecule has 18 heavy (non-hydrogen) atoms. The topological polar surface area (TPSA) is 80.9 Å². The van der Waals surface area contributed by atoms with Crippen molar-refractivity contribution in [3.8, 4) is 11.1 Å². The number of nitrogens with two attached hydrogens (primary N) is 1. The molecule has 0 aliphatic rings. The predicted octanol–water partition coefficient (Wildman–Crippen LogP) is 1.43. The van der Waals surface area contributed by atoms with Crippen LogP contribution < -0.4 is 11.1 Å². The molecular formula is C13H14N4O. The molecule has 1 amide bonds. The number of anilines is 1. The first-order valence-electron chi connectivity index (χ1n) is 5.58.